The van der Waals surface area contributed by atoms with Crippen molar-refractivity contribution < 1.29 is 18.4 Å². The second kappa shape index (κ2) is 13.6. The fraction of sp³-hybridized carbons (Fsp3) is 0.474. The summed E-state index contributed by atoms with van der Waals surface area (Å²) in [6.45, 7) is 14.2. The highest BCUT2D eigenvalue weighted by Crippen LogP contribution is 2.32. The Morgan fingerprint density at radius 1 is 0.818 bits per heavy atom. The van der Waals surface area contributed by atoms with Crippen LogP contribution in [0.2, 0.25) is 0 Å². The average molecular weight is 603 g/mol. The highest BCUT2D eigenvalue weighted by Gasteiger charge is 2.32. The SMILES string of the molecule is CN(C(=O)CCCCC(c1ccc(F)cc1)c1ccc(F)cc1)[C@@H]1CCN(C(=O)c2cc(C(C)(C)C)cc(C(C)(C)C)c2)C1. The van der Waals surface area contributed by atoms with E-state index in [-0.39, 0.29) is 46.2 Å². The summed E-state index contributed by atoms with van der Waals surface area (Å²) in [5, 5.41) is 0. The molecule has 2 amide bonds. The summed E-state index contributed by atoms with van der Waals surface area (Å²) >= 11 is 0. The van der Waals surface area contributed by atoms with Crippen LogP contribution >= 0.6 is 0 Å². The van der Waals surface area contributed by atoms with Crippen LogP contribution in [0.15, 0.2) is 66.7 Å². The van der Waals surface area contributed by atoms with Crippen molar-refractivity contribution in [1.29, 1.82) is 0 Å². The van der Waals surface area contributed by atoms with Crippen molar-refractivity contribution in [1.82, 2.24) is 9.80 Å². The van der Waals surface area contributed by atoms with Crippen molar-refractivity contribution in [2.75, 3.05) is 20.1 Å². The fourth-order valence-corrected chi connectivity index (χ4v) is 5.96. The Hall–Kier alpha value is -3.54. The van der Waals surface area contributed by atoms with Gasteiger partial charge >= 0.3 is 0 Å². The first-order valence-corrected chi connectivity index (χ1v) is 15.9. The number of carbonyl (C=O) groups excluding carboxylic acids is 2. The average Bonchev–Trinajstić information content (AvgIpc) is 3.47. The smallest absolute Gasteiger partial charge is 0.253 e. The lowest BCUT2D eigenvalue weighted by atomic mass is 9.79. The number of carbonyl (C=O) groups is 2. The second-order valence-electron chi connectivity index (χ2n) is 14.4. The third-order valence-corrected chi connectivity index (χ3v) is 8.98. The number of likely N-dealkylation sites (N-methyl/N-ethyl adjacent to an activating group) is 1. The number of halogens is 2. The lowest BCUT2D eigenvalue weighted by Gasteiger charge is -2.27. The molecule has 0 unspecified atom stereocenters. The van der Waals surface area contributed by atoms with E-state index in [0.29, 0.717) is 31.5 Å². The zero-order valence-corrected chi connectivity index (χ0v) is 27.4. The molecule has 0 spiro atoms. The largest absolute Gasteiger partial charge is 0.341 e. The van der Waals surface area contributed by atoms with Gasteiger partial charge in [-0.15, -0.1) is 0 Å². The molecule has 0 N–H and O–H groups in total. The van der Waals surface area contributed by atoms with E-state index in [4.69, 9.17) is 0 Å². The lowest BCUT2D eigenvalue weighted by molar-refractivity contribution is -0.131. The summed E-state index contributed by atoms with van der Waals surface area (Å²) in [6.07, 6.45) is 3.46. The van der Waals surface area contributed by atoms with Crippen LogP contribution in [0.3, 0.4) is 0 Å². The number of unbranched alkanes of at least 4 members (excludes halogenated alkanes) is 1. The normalized spacial score (nSPS) is 15.6. The first kappa shape index (κ1) is 33.4. The third-order valence-electron chi connectivity index (χ3n) is 8.98. The maximum Gasteiger partial charge on any atom is 0.253 e. The van der Waals surface area contributed by atoms with E-state index < -0.39 is 0 Å². The van der Waals surface area contributed by atoms with Crippen LogP contribution in [0.4, 0.5) is 8.78 Å². The van der Waals surface area contributed by atoms with E-state index >= 15 is 0 Å². The fourth-order valence-electron chi connectivity index (χ4n) is 5.96. The molecule has 1 fully saturated rings. The quantitative estimate of drug-likeness (QED) is 0.230. The molecule has 236 valence electrons. The first-order valence-electron chi connectivity index (χ1n) is 15.9. The van der Waals surface area contributed by atoms with Crippen LogP contribution in [0.1, 0.15) is 112 Å². The van der Waals surface area contributed by atoms with E-state index in [9.17, 15) is 18.4 Å². The van der Waals surface area contributed by atoms with Crippen molar-refractivity contribution in [2.45, 2.75) is 96.4 Å². The number of rotatable bonds is 9. The minimum Gasteiger partial charge on any atom is -0.341 e. The Kier molecular flexibility index (Phi) is 10.3. The molecule has 4 nitrogen and oxygen atoms in total. The Morgan fingerprint density at radius 2 is 1.32 bits per heavy atom. The maximum absolute atomic E-state index is 13.7. The van der Waals surface area contributed by atoms with Gasteiger partial charge in [-0.1, -0.05) is 78.3 Å². The van der Waals surface area contributed by atoms with Crippen LogP contribution in [0.5, 0.6) is 0 Å². The van der Waals surface area contributed by atoms with Crippen LogP contribution in [-0.4, -0.2) is 47.8 Å². The van der Waals surface area contributed by atoms with Gasteiger partial charge in [0.25, 0.3) is 5.91 Å². The number of amides is 2. The molecule has 0 saturated carbocycles. The summed E-state index contributed by atoms with van der Waals surface area (Å²) in [5.74, 6) is -0.484. The van der Waals surface area contributed by atoms with Gasteiger partial charge in [0.15, 0.2) is 0 Å². The number of hydrogen-bond acceptors (Lipinski definition) is 2. The standard InChI is InChI=1S/C38H48F2N2O2/c1-37(2,3)29-22-28(23-30(24-29)38(4,5)6)36(44)42-21-20-33(25-42)41(7)35(43)11-9-8-10-34(26-12-16-31(39)17-13-26)27-14-18-32(40)19-15-27/h12-19,22-24,33-34H,8-11,20-21,25H2,1-7H3/t33-/m1/s1. The van der Waals surface area contributed by atoms with Gasteiger partial charge < -0.3 is 9.80 Å². The lowest BCUT2D eigenvalue weighted by Crippen LogP contribution is -2.40. The molecule has 0 bridgehead atoms. The van der Waals surface area contributed by atoms with Crippen molar-refractivity contribution in [2.24, 2.45) is 0 Å². The molecule has 0 aliphatic carbocycles. The van der Waals surface area contributed by atoms with Gasteiger partial charge in [0.1, 0.15) is 11.6 Å². The molecule has 0 radical (unpaired) electrons. The summed E-state index contributed by atoms with van der Waals surface area (Å²) in [6, 6.07) is 19.2. The van der Waals surface area contributed by atoms with Crippen LogP contribution in [-0.2, 0) is 15.6 Å². The van der Waals surface area contributed by atoms with E-state index in [2.05, 4.69) is 47.6 Å². The maximum atomic E-state index is 13.7. The minimum atomic E-state index is -0.291. The number of likely N-dealkylation sites (tertiary alicyclic amines) is 1. The molecular weight excluding hydrogens is 554 g/mol. The Morgan fingerprint density at radius 3 is 1.80 bits per heavy atom. The first-order chi connectivity index (χ1) is 20.6. The van der Waals surface area contributed by atoms with Gasteiger partial charge in [-0.2, -0.15) is 0 Å². The molecule has 1 aliphatic rings. The second-order valence-corrected chi connectivity index (χ2v) is 14.4. The van der Waals surface area contributed by atoms with Crippen LogP contribution in [0.25, 0.3) is 0 Å². The van der Waals surface area contributed by atoms with Crippen molar-refractivity contribution >= 4 is 11.8 Å². The molecule has 3 aromatic carbocycles. The monoisotopic (exact) mass is 602 g/mol. The molecule has 0 aromatic heterocycles. The van der Waals surface area contributed by atoms with Gasteiger partial charge in [-0.05, 0) is 88.7 Å². The number of nitrogens with zero attached hydrogens (tertiary/aromatic N) is 2. The molecular formula is C38H48F2N2O2. The molecule has 4 rings (SSSR count). The van der Waals surface area contributed by atoms with Gasteiger partial charge in [-0.25, -0.2) is 8.78 Å². The highest BCUT2D eigenvalue weighted by molar-refractivity contribution is 5.95. The topological polar surface area (TPSA) is 40.6 Å². The molecule has 1 atom stereocenters. The van der Waals surface area contributed by atoms with E-state index in [1.54, 1.807) is 24.3 Å². The minimum absolute atomic E-state index is 0.00554. The van der Waals surface area contributed by atoms with E-state index in [0.717, 1.165) is 41.5 Å². The zero-order chi connectivity index (χ0) is 32.2. The predicted molar refractivity (Wildman–Crippen MR) is 174 cm³/mol. The van der Waals surface area contributed by atoms with Crippen LogP contribution in [0, 0.1) is 11.6 Å². The van der Waals surface area contributed by atoms with Gasteiger partial charge in [0.05, 0.1) is 6.04 Å². The molecule has 1 heterocycles. The summed E-state index contributed by atoms with van der Waals surface area (Å²) in [7, 11) is 1.85. The predicted octanol–water partition coefficient (Wildman–Crippen LogP) is 8.63. The molecule has 6 heteroatoms. The highest BCUT2D eigenvalue weighted by atomic mass is 19.1. The zero-order valence-electron chi connectivity index (χ0n) is 27.4. The third kappa shape index (κ3) is 8.34. The van der Waals surface area contributed by atoms with Gasteiger partial charge in [0.2, 0.25) is 5.91 Å². The van der Waals surface area contributed by atoms with Crippen molar-refractivity contribution in [3.63, 3.8) is 0 Å². The molecule has 44 heavy (non-hydrogen) atoms. The molecule has 1 saturated heterocycles. The van der Waals surface area contributed by atoms with E-state index in [1.807, 2.05) is 29.0 Å². The summed E-state index contributed by atoms with van der Waals surface area (Å²) in [4.78, 5) is 30.6. The summed E-state index contributed by atoms with van der Waals surface area (Å²) < 4.78 is 27.1. The van der Waals surface area contributed by atoms with Crippen molar-refractivity contribution in [3.05, 3.63) is 106 Å². The van der Waals surface area contributed by atoms with Crippen LogP contribution < -0.4 is 0 Å². The Labute approximate surface area is 262 Å². The van der Waals surface area contributed by atoms with Gasteiger partial charge in [0, 0.05) is 38.0 Å². The Balaban J connectivity index is 1.34. The summed E-state index contributed by atoms with van der Waals surface area (Å²) in [5.41, 5.74) is 4.81. The molecule has 3 aromatic rings. The molecule has 1 aliphatic heterocycles. The number of hydrogen-bond donors (Lipinski definition) is 0. The van der Waals surface area contributed by atoms with Crippen molar-refractivity contribution in [3.8, 4) is 0 Å². The number of benzene rings is 3. The van der Waals surface area contributed by atoms with E-state index in [1.165, 1.54) is 24.3 Å². The van der Waals surface area contributed by atoms with Gasteiger partial charge in [-0.3, -0.25) is 9.59 Å². The Bertz CT molecular complexity index is 1360.